The number of nitrogens with zero attached hydrogens (tertiary/aromatic N) is 7. The van der Waals surface area contributed by atoms with Gasteiger partial charge >= 0.3 is 6.09 Å². The molecule has 1 aliphatic heterocycles. The maximum atomic E-state index is 12.8. The molecular formula is C26H32N8O2S. The van der Waals surface area contributed by atoms with Gasteiger partial charge in [-0.1, -0.05) is 19.9 Å². The second-order valence-electron chi connectivity index (χ2n) is 10.5. The number of hydrogen-bond acceptors (Lipinski definition) is 8. The fourth-order valence-electron chi connectivity index (χ4n) is 4.14. The third kappa shape index (κ3) is 5.36. The van der Waals surface area contributed by atoms with E-state index >= 15 is 0 Å². The minimum Gasteiger partial charge on any atom is -0.444 e. The molecule has 1 amide bonds. The quantitative estimate of drug-likeness (QED) is 0.372. The number of hydrogen-bond donors (Lipinski definition) is 1. The third-order valence-electron chi connectivity index (χ3n) is 5.99. The number of carbonyl (C=O) groups excluding carboxylic acids is 1. The van der Waals surface area contributed by atoms with Crippen molar-refractivity contribution in [1.82, 2.24) is 33.4 Å². The number of rotatable bonds is 5. The normalized spacial score (nSPS) is 14.4. The molecule has 5 heterocycles. The van der Waals surface area contributed by atoms with Crippen LogP contribution in [0.3, 0.4) is 0 Å². The molecule has 1 N–H and O–H groups in total. The van der Waals surface area contributed by atoms with Crippen LogP contribution in [0.25, 0.3) is 22.5 Å². The van der Waals surface area contributed by atoms with Crippen LogP contribution in [0.4, 0.5) is 15.6 Å². The summed E-state index contributed by atoms with van der Waals surface area (Å²) >= 11 is 1.40. The van der Waals surface area contributed by atoms with Gasteiger partial charge in [0.25, 0.3) is 0 Å². The Morgan fingerprint density at radius 2 is 2.03 bits per heavy atom. The van der Waals surface area contributed by atoms with E-state index in [0.29, 0.717) is 30.5 Å². The fraction of sp³-hybridized carbons (Fsp3) is 0.423. The van der Waals surface area contributed by atoms with Crippen LogP contribution in [0.2, 0.25) is 0 Å². The highest BCUT2D eigenvalue weighted by atomic mass is 32.1. The number of ether oxygens (including phenoxy) is 1. The van der Waals surface area contributed by atoms with E-state index in [1.807, 2.05) is 57.0 Å². The predicted molar refractivity (Wildman–Crippen MR) is 145 cm³/mol. The molecule has 10 nitrogen and oxygen atoms in total. The van der Waals surface area contributed by atoms with Crippen molar-refractivity contribution in [2.45, 2.75) is 52.6 Å². The molecule has 1 aliphatic rings. The molecule has 194 valence electrons. The van der Waals surface area contributed by atoms with E-state index in [2.05, 4.69) is 40.8 Å². The van der Waals surface area contributed by atoms with Gasteiger partial charge in [0.2, 0.25) is 0 Å². The predicted octanol–water partition coefficient (Wildman–Crippen LogP) is 5.48. The van der Waals surface area contributed by atoms with Crippen LogP contribution in [0.15, 0.2) is 36.9 Å². The van der Waals surface area contributed by atoms with E-state index in [9.17, 15) is 4.79 Å². The van der Waals surface area contributed by atoms with Gasteiger partial charge in [-0.2, -0.15) is 9.47 Å². The summed E-state index contributed by atoms with van der Waals surface area (Å²) in [7, 11) is 1.89. The maximum absolute atomic E-state index is 12.8. The second-order valence-corrected chi connectivity index (χ2v) is 11.3. The zero-order chi connectivity index (χ0) is 26.3. The van der Waals surface area contributed by atoms with Crippen LogP contribution in [0.1, 0.15) is 58.3 Å². The Morgan fingerprint density at radius 1 is 1.22 bits per heavy atom. The van der Waals surface area contributed by atoms with Crippen molar-refractivity contribution in [3.8, 4) is 11.3 Å². The van der Waals surface area contributed by atoms with E-state index in [1.54, 1.807) is 9.58 Å². The first kappa shape index (κ1) is 24.9. The highest BCUT2D eigenvalue weighted by molar-refractivity contribution is 7.10. The average molecular weight is 521 g/mol. The Labute approximate surface area is 220 Å². The van der Waals surface area contributed by atoms with E-state index in [0.717, 1.165) is 39.6 Å². The molecule has 0 aliphatic carbocycles. The smallest absolute Gasteiger partial charge is 0.410 e. The standard InChI is InChI=1S/C26H32N8O2S/c1-16(2)19-10-22(37-31-19)30-23-24-27-12-21(18-11-28-32(6)13-18)34(24)15-20(29-23)17-8-7-9-33(14-17)25(35)36-26(3,4)5/h8,10-13,15-16H,7,9,14H2,1-6H3,(H,29,30). The molecule has 11 heteroatoms. The Hall–Kier alpha value is -3.73. The molecule has 0 spiro atoms. The second kappa shape index (κ2) is 9.62. The highest BCUT2D eigenvalue weighted by Gasteiger charge is 2.26. The third-order valence-corrected chi connectivity index (χ3v) is 6.70. The van der Waals surface area contributed by atoms with E-state index in [4.69, 9.17) is 14.7 Å². The van der Waals surface area contributed by atoms with Gasteiger partial charge in [0.15, 0.2) is 11.5 Å². The van der Waals surface area contributed by atoms with Gasteiger partial charge in [-0.25, -0.2) is 14.8 Å². The van der Waals surface area contributed by atoms with Crippen molar-refractivity contribution in [2.75, 3.05) is 18.4 Å². The van der Waals surface area contributed by atoms with Gasteiger partial charge in [0.05, 0.1) is 36.0 Å². The lowest BCUT2D eigenvalue weighted by Crippen LogP contribution is -2.39. The van der Waals surface area contributed by atoms with Crippen LogP contribution < -0.4 is 5.32 Å². The largest absolute Gasteiger partial charge is 0.444 e. The average Bonchev–Trinajstić information content (AvgIpc) is 3.57. The van der Waals surface area contributed by atoms with Gasteiger partial charge in [-0.05, 0) is 56.3 Å². The van der Waals surface area contributed by atoms with Crippen molar-refractivity contribution < 1.29 is 9.53 Å². The Bertz CT molecular complexity index is 1470. The molecule has 0 atom stereocenters. The number of fused-ring (bicyclic) bond motifs is 1. The zero-order valence-electron chi connectivity index (χ0n) is 22.0. The van der Waals surface area contributed by atoms with Gasteiger partial charge in [-0.15, -0.1) is 0 Å². The number of carbonyl (C=O) groups is 1. The lowest BCUT2D eigenvalue weighted by atomic mass is 10.1. The number of aromatic nitrogens is 6. The van der Waals surface area contributed by atoms with E-state index in [-0.39, 0.29) is 6.09 Å². The molecule has 0 fully saturated rings. The number of imidazole rings is 1. The van der Waals surface area contributed by atoms with Crippen molar-refractivity contribution >= 4 is 39.7 Å². The number of aryl methyl sites for hydroxylation is 1. The zero-order valence-corrected chi connectivity index (χ0v) is 22.8. The van der Waals surface area contributed by atoms with Crippen molar-refractivity contribution in [3.05, 3.63) is 48.3 Å². The van der Waals surface area contributed by atoms with Crippen LogP contribution in [0.5, 0.6) is 0 Å². The summed E-state index contributed by atoms with van der Waals surface area (Å²) in [5.41, 5.74) is 4.75. The van der Waals surface area contributed by atoms with Crippen LogP contribution in [-0.4, -0.2) is 58.2 Å². The molecular weight excluding hydrogens is 488 g/mol. The molecule has 4 aromatic rings. The SMILES string of the molecule is CC(C)c1cc(Nc2nc(C3=CCCN(C(=O)OC(C)(C)C)C3)cn3c(-c4cnn(C)c4)cnc23)sn1. The highest BCUT2D eigenvalue weighted by Crippen LogP contribution is 2.31. The maximum Gasteiger partial charge on any atom is 0.410 e. The summed E-state index contributed by atoms with van der Waals surface area (Å²) in [6, 6.07) is 2.05. The van der Waals surface area contributed by atoms with Crippen molar-refractivity contribution in [3.63, 3.8) is 0 Å². The molecule has 0 radical (unpaired) electrons. The van der Waals surface area contributed by atoms with Crippen LogP contribution >= 0.6 is 11.5 Å². The molecule has 0 saturated carbocycles. The summed E-state index contributed by atoms with van der Waals surface area (Å²) in [5.74, 6) is 0.961. The number of amides is 1. The first-order chi connectivity index (χ1) is 17.6. The summed E-state index contributed by atoms with van der Waals surface area (Å²) in [5, 5.41) is 8.67. The monoisotopic (exact) mass is 520 g/mol. The minimum absolute atomic E-state index is 0.318. The Balaban J connectivity index is 1.55. The summed E-state index contributed by atoms with van der Waals surface area (Å²) < 4.78 is 14.0. The molecule has 0 bridgehead atoms. The first-order valence-corrected chi connectivity index (χ1v) is 13.1. The minimum atomic E-state index is -0.550. The molecule has 37 heavy (non-hydrogen) atoms. The van der Waals surface area contributed by atoms with Crippen molar-refractivity contribution in [1.29, 1.82) is 0 Å². The molecule has 5 rings (SSSR count). The summed E-state index contributed by atoms with van der Waals surface area (Å²) in [6.45, 7) is 10.9. The number of nitrogens with one attached hydrogen (secondary N) is 1. The topological polar surface area (TPSA) is 102 Å². The first-order valence-electron chi connectivity index (χ1n) is 12.4. The molecule has 0 unspecified atom stereocenters. The lowest BCUT2D eigenvalue weighted by molar-refractivity contribution is 0.0273. The molecule has 0 aromatic carbocycles. The van der Waals surface area contributed by atoms with E-state index < -0.39 is 5.60 Å². The van der Waals surface area contributed by atoms with Gasteiger partial charge in [0.1, 0.15) is 10.6 Å². The fourth-order valence-corrected chi connectivity index (χ4v) is 4.93. The Kier molecular flexibility index (Phi) is 6.49. The number of anilines is 2. The Morgan fingerprint density at radius 3 is 2.70 bits per heavy atom. The summed E-state index contributed by atoms with van der Waals surface area (Å²) in [6.07, 6.45) is 10.1. The van der Waals surface area contributed by atoms with Gasteiger partial charge in [0, 0.05) is 31.5 Å². The van der Waals surface area contributed by atoms with Gasteiger partial charge < -0.3 is 15.0 Å². The van der Waals surface area contributed by atoms with Crippen molar-refractivity contribution in [2.24, 2.45) is 7.05 Å². The van der Waals surface area contributed by atoms with Gasteiger partial charge in [-0.3, -0.25) is 9.08 Å². The summed E-state index contributed by atoms with van der Waals surface area (Å²) in [4.78, 5) is 24.2. The van der Waals surface area contributed by atoms with E-state index in [1.165, 1.54) is 11.5 Å². The lowest BCUT2D eigenvalue weighted by Gasteiger charge is -2.30. The van der Waals surface area contributed by atoms with Crippen LogP contribution in [-0.2, 0) is 11.8 Å². The van der Waals surface area contributed by atoms with Crippen LogP contribution in [0, 0.1) is 0 Å². The molecule has 0 saturated heterocycles. The molecule has 4 aromatic heterocycles.